The molecule has 0 aromatic heterocycles. The Labute approximate surface area is 115 Å². The largest absolute Gasteiger partial charge is 0.479 e. The highest BCUT2D eigenvalue weighted by Gasteiger charge is 2.12. The van der Waals surface area contributed by atoms with Gasteiger partial charge in [-0.3, -0.25) is 0 Å². The highest BCUT2D eigenvalue weighted by molar-refractivity contribution is 5.72. The summed E-state index contributed by atoms with van der Waals surface area (Å²) < 4.78 is 23.4. The minimum atomic E-state index is -1.03. The Bertz CT molecular complexity index is 578. The Hall–Kier alpha value is -2.56. The molecule has 5 heteroatoms. The van der Waals surface area contributed by atoms with Gasteiger partial charge in [-0.05, 0) is 55.5 Å². The van der Waals surface area contributed by atoms with E-state index < -0.39 is 12.1 Å². The van der Waals surface area contributed by atoms with Gasteiger partial charge >= 0.3 is 5.97 Å². The quantitative estimate of drug-likeness (QED) is 0.908. The van der Waals surface area contributed by atoms with Crippen molar-refractivity contribution < 1.29 is 23.8 Å². The lowest BCUT2D eigenvalue weighted by molar-refractivity contribution is -0.144. The van der Waals surface area contributed by atoms with Crippen molar-refractivity contribution in [2.24, 2.45) is 0 Å². The summed E-state index contributed by atoms with van der Waals surface area (Å²) in [4.78, 5) is 10.7. The maximum atomic E-state index is 12.7. The topological polar surface area (TPSA) is 55.8 Å². The van der Waals surface area contributed by atoms with E-state index >= 15 is 0 Å². The summed E-state index contributed by atoms with van der Waals surface area (Å²) in [5.74, 6) is 0.137. The van der Waals surface area contributed by atoms with E-state index in [-0.39, 0.29) is 5.82 Å². The minimum absolute atomic E-state index is 0.330. The standard InChI is InChI=1S/C15H13FO4/c1-10(15(17)18)19-12-6-8-14(9-7-12)20-13-4-2-11(16)3-5-13/h2-10H,1H3,(H,17,18). The van der Waals surface area contributed by atoms with Gasteiger partial charge in [0.25, 0.3) is 0 Å². The molecule has 0 saturated carbocycles. The molecule has 1 unspecified atom stereocenters. The van der Waals surface area contributed by atoms with E-state index in [1.165, 1.54) is 31.2 Å². The van der Waals surface area contributed by atoms with Gasteiger partial charge in [0.05, 0.1) is 0 Å². The number of halogens is 1. The summed E-state index contributed by atoms with van der Waals surface area (Å²) in [6, 6.07) is 12.2. The molecule has 20 heavy (non-hydrogen) atoms. The van der Waals surface area contributed by atoms with Gasteiger partial charge < -0.3 is 14.6 Å². The average Bonchev–Trinajstić information content (AvgIpc) is 2.43. The van der Waals surface area contributed by atoms with Gasteiger partial charge in [0, 0.05) is 0 Å². The molecule has 0 amide bonds. The van der Waals surface area contributed by atoms with Crippen molar-refractivity contribution in [3.8, 4) is 17.2 Å². The van der Waals surface area contributed by atoms with Gasteiger partial charge in [-0.25, -0.2) is 9.18 Å². The molecule has 4 nitrogen and oxygen atoms in total. The second-order valence-corrected chi connectivity index (χ2v) is 4.13. The third kappa shape index (κ3) is 3.71. The first-order valence-electron chi connectivity index (χ1n) is 5.97. The highest BCUT2D eigenvalue weighted by Crippen LogP contribution is 2.24. The van der Waals surface area contributed by atoms with Gasteiger partial charge in [-0.2, -0.15) is 0 Å². The number of rotatable bonds is 5. The van der Waals surface area contributed by atoms with E-state index in [1.54, 1.807) is 24.3 Å². The molecule has 0 fully saturated rings. The zero-order chi connectivity index (χ0) is 14.5. The minimum Gasteiger partial charge on any atom is -0.479 e. The number of hydrogen-bond acceptors (Lipinski definition) is 3. The lowest BCUT2D eigenvalue weighted by Gasteiger charge is -2.11. The summed E-state index contributed by atoms with van der Waals surface area (Å²) in [5, 5.41) is 8.73. The van der Waals surface area contributed by atoms with Crippen molar-refractivity contribution >= 4 is 5.97 Å². The molecule has 1 N–H and O–H groups in total. The third-order valence-corrected chi connectivity index (χ3v) is 2.53. The molecule has 0 spiro atoms. The van der Waals surface area contributed by atoms with Crippen molar-refractivity contribution in [3.05, 3.63) is 54.3 Å². The molecule has 0 aliphatic rings. The monoisotopic (exact) mass is 276 g/mol. The van der Waals surface area contributed by atoms with Crippen LogP contribution in [-0.4, -0.2) is 17.2 Å². The summed E-state index contributed by atoms with van der Waals surface area (Å²) in [6.45, 7) is 1.45. The van der Waals surface area contributed by atoms with Crippen LogP contribution in [0.25, 0.3) is 0 Å². The Morgan fingerprint density at radius 2 is 1.45 bits per heavy atom. The summed E-state index contributed by atoms with van der Waals surface area (Å²) >= 11 is 0. The number of aliphatic carboxylic acids is 1. The Morgan fingerprint density at radius 3 is 1.95 bits per heavy atom. The molecule has 0 radical (unpaired) electrons. The molecule has 0 aliphatic heterocycles. The van der Waals surface area contributed by atoms with E-state index in [4.69, 9.17) is 14.6 Å². The van der Waals surface area contributed by atoms with Crippen LogP contribution in [0.4, 0.5) is 4.39 Å². The number of benzene rings is 2. The molecule has 0 heterocycles. The second-order valence-electron chi connectivity index (χ2n) is 4.13. The Morgan fingerprint density at radius 1 is 1.00 bits per heavy atom. The van der Waals surface area contributed by atoms with Crippen LogP contribution in [0.2, 0.25) is 0 Å². The number of hydrogen-bond donors (Lipinski definition) is 1. The fourth-order valence-corrected chi connectivity index (χ4v) is 1.48. The smallest absolute Gasteiger partial charge is 0.344 e. The van der Waals surface area contributed by atoms with Crippen LogP contribution in [-0.2, 0) is 4.79 Å². The summed E-state index contributed by atoms with van der Waals surface area (Å²) in [7, 11) is 0. The number of carboxylic acids is 1. The van der Waals surface area contributed by atoms with E-state index in [2.05, 4.69) is 0 Å². The Balaban J connectivity index is 2.01. The number of carboxylic acid groups (broad SMARTS) is 1. The van der Waals surface area contributed by atoms with Crippen LogP contribution in [0.3, 0.4) is 0 Å². The van der Waals surface area contributed by atoms with Crippen LogP contribution in [0, 0.1) is 5.82 Å². The van der Waals surface area contributed by atoms with Gasteiger partial charge in [-0.15, -0.1) is 0 Å². The maximum absolute atomic E-state index is 12.7. The van der Waals surface area contributed by atoms with Gasteiger partial charge in [0.1, 0.15) is 23.1 Å². The van der Waals surface area contributed by atoms with Crippen molar-refractivity contribution in [3.63, 3.8) is 0 Å². The van der Waals surface area contributed by atoms with Gasteiger partial charge in [0.2, 0.25) is 0 Å². The van der Waals surface area contributed by atoms with Gasteiger partial charge in [0.15, 0.2) is 6.10 Å². The first-order valence-corrected chi connectivity index (χ1v) is 5.97. The van der Waals surface area contributed by atoms with E-state index in [0.29, 0.717) is 17.2 Å². The predicted molar refractivity (Wildman–Crippen MR) is 70.6 cm³/mol. The molecular weight excluding hydrogens is 263 g/mol. The van der Waals surface area contributed by atoms with E-state index in [1.807, 2.05) is 0 Å². The van der Waals surface area contributed by atoms with Crippen LogP contribution in [0.15, 0.2) is 48.5 Å². The van der Waals surface area contributed by atoms with Crippen molar-refractivity contribution in [1.29, 1.82) is 0 Å². The lowest BCUT2D eigenvalue weighted by atomic mass is 10.3. The predicted octanol–water partition coefficient (Wildman–Crippen LogP) is 3.47. The molecule has 2 rings (SSSR count). The normalized spacial score (nSPS) is 11.7. The first kappa shape index (κ1) is 13.9. The Kier molecular flexibility index (Phi) is 4.20. The summed E-state index contributed by atoms with van der Waals surface area (Å²) in [6.07, 6.45) is -0.918. The number of carbonyl (C=O) groups is 1. The molecule has 104 valence electrons. The van der Waals surface area contributed by atoms with Crippen LogP contribution in [0.1, 0.15) is 6.92 Å². The SMILES string of the molecule is CC(Oc1ccc(Oc2ccc(F)cc2)cc1)C(=O)O. The highest BCUT2D eigenvalue weighted by atomic mass is 19.1. The third-order valence-electron chi connectivity index (χ3n) is 2.53. The fraction of sp³-hybridized carbons (Fsp3) is 0.133. The van der Waals surface area contributed by atoms with Crippen LogP contribution >= 0.6 is 0 Å². The molecule has 2 aromatic carbocycles. The van der Waals surface area contributed by atoms with Crippen LogP contribution in [0.5, 0.6) is 17.2 Å². The first-order chi connectivity index (χ1) is 9.54. The van der Waals surface area contributed by atoms with E-state index in [0.717, 1.165) is 0 Å². The molecule has 0 aliphatic carbocycles. The molecule has 2 aromatic rings. The number of ether oxygens (including phenoxy) is 2. The molecular formula is C15H13FO4. The molecule has 1 atom stereocenters. The maximum Gasteiger partial charge on any atom is 0.344 e. The van der Waals surface area contributed by atoms with Crippen molar-refractivity contribution in [2.75, 3.05) is 0 Å². The molecule has 0 bridgehead atoms. The lowest BCUT2D eigenvalue weighted by Crippen LogP contribution is -2.22. The average molecular weight is 276 g/mol. The van der Waals surface area contributed by atoms with E-state index in [9.17, 15) is 9.18 Å². The zero-order valence-electron chi connectivity index (χ0n) is 10.7. The van der Waals surface area contributed by atoms with Gasteiger partial charge in [-0.1, -0.05) is 0 Å². The van der Waals surface area contributed by atoms with Crippen molar-refractivity contribution in [1.82, 2.24) is 0 Å². The molecule has 0 saturated heterocycles. The summed E-state index contributed by atoms with van der Waals surface area (Å²) in [5.41, 5.74) is 0. The van der Waals surface area contributed by atoms with Crippen LogP contribution < -0.4 is 9.47 Å². The fourth-order valence-electron chi connectivity index (χ4n) is 1.48. The van der Waals surface area contributed by atoms with Crippen molar-refractivity contribution in [2.45, 2.75) is 13.0 Å². The second kappa shape index (κ2) is 6.06. The zero-order valence-corrected chi connectivity index (χ0v) is 10.7.